The van der Waals surface area contributed by atoms with E-state index in [4.69, 9.17) is 0 Å². The van der Waals surface area contributed by atoms with Crippen LogP contribution in [0.25, 0.3) is 0 Å². The summed E-state index contributed by atoms with van der Waals surface area (Å²) < 4.78 is 0.259. The minimum absolute atomic E-state index is 0.259. The van der Waals surface area contributed by atoms with Gasteiger partial charge in [-0.1, -0.05) is 0 Å². The topological polar surface area (TPSA) is 20.3 Å². The molecule has 2 nitrogen and oxygen atoms in total. The molecule has 0 amide bonds. The molecule has 54 valence electrons. The molecular weight excluding hydrogens is 229 g/mol. The highest BCUT2D eigenvalue weighted by molar-refractivity contribution is 14.1. The third kappa shape index (κ3) is 8.36. The Bertz CT molecular complexity index is 93.1. The van der Waals surface area contributed by atoms with Gasteiger partial charge >= 0.3 is 0 Å². The molecule has 0 radical (unpaired) electrons. The first-order chi connectivity index (χ1) is 4.13. The maximum absolute atomic E-state index is 10.4. The summed E-state index contributed by atoms with van der Waals surface area (Å²) in [6.07, 6.45) is 1.69. The van der Waals surface area contributed by atoms with E-state index < -0.39 is 0 Å². The van der Waals surface area contributed by atoms with Crippen molar-refractivity contribution in [2.45, 2.75) is 12.8 Å². The van der Waals surface area contributed by atoms with Crippen LogP contribution in [0.15, 0.2) is 0 Å². The number of nitrogens with zero attached hydrogens (tertiary/aromatic N) is 1. The van der Waals surface area contributed by atoms with E-state index in [0.29, 0.717) is 6.42 Å². The maximum Gasteiger partial charge on any atom is 0.192 e. The van der Waals surface area contributed by atoms with Crippen molar-refractivity contribution in [1.82, 2.24) is 4.90 Å². The van der Waals surface area contributed by atoms with Gasteiger partial charge in [-0.2, -0.15) is 0 Å². The monoisotopic (exact) mass is 241 g/mol. The van der Waals surface area contributed by atoms with E-state index in [-0.39, 0.29) is 3.79 Å². The molecule has 0 heterocycles. The van der Waals surface area contributed by atoms with Crippen molar-refractivity contribution < 1.29 is 4.79 Å². The molecule has 0 N–H and O–H groups in total. The van der Waals surface area contributed by atoms with Crippen molar-refractivity contribution in [3.8, 4) is 0 Å². The van der Waals surface area contributed by atoms with Gasteiger partial charge in [0.05, 0.1) is 0 Å². The summed E-state index contributed by atoms with van der Waals surface area (Å²) in [5, 5.41) is 0. The number of halogens is 1. The van der Waals surface area contributed by atoms with Crippen molar-refractivity contribution in [1.29, 1.82) is 0 Å². The SMILES string of the molecule is CN(C)CCCC(=O)I. The third-order valence-electron chi connectivity index (χ3n) is 0.979. The summed E-state index contributed by atoms with van der Waals surface area (Å²) in [7, 11) is 4.02. The highest BCUT2D eigenvalue weighted by Gasteiger charge is 1.94. The lowest BCUT2D eigenvalue weighted by molar-refractivity contribution is -0.109. The molecule has 9 heavy (non-hydrogen) atoms. The van der Waals surface area contributed by atoms with E-state index in [9.17, 15) is 4.79 Å². The zero-order valence-corrected chi connectivity index (χ0v) is 8.01. The van der Waals surface area contributed by atoms with Crippen molar-refractivity contribution >= 4 is 26.4 Å². The smallest absolute Gasteiger partial charge is 0.192 e. The van der Waals surface area contributed by atoms with Gasteiger partial charge in [0.15, 0.2) is 3.79 Å². The van der Waals surface area contributed by atoms with E-state index >= 15 is 0 Å². The number of hydrogen-bond acceptors (Lipinski definition) is 2. The van der Waals surface area contributed by atoms with Crippen LogP contribution in [0.1, 0.15) is 12.8 Å². The zero-order chi connectivity index (χ0) is 7.28. The van der Waals surface area contributed by atoms with Gasteiger partial charge in [-0.05, 0) is 49.7 Å². The molecule has 0 spiro atoms. The van der Waals surface area contributed by atoms with Gasteiger partial charge in [0.2, 0.25) is 0 Å². The van der Waals surface area contributed by atoms with Crippen molar-refractivity contribution in [2.75, 3.05) is 20.6 Å². The normalized spacial score (nSPS) is 10.2. The first-order valence-electron chi connectivity index (χ1n) is 2.96. The zero-order valence-electron chi connectivity index (χ0n) is 5.85. The van der Waals surface area contributed by atoms with Crippen molar-refractivity contribution in [3.63, 3.8) is 0 Å². The van der Waals surface area contributed by atoms with E-state index in [1.807, 2.05) is 36.7 Å². The van der Waals surface area contributed by atoms with E-state index in [1.54, 1.807) is 0 Å². The maximum atomic E-state index is 10.4. The molecule has 0 aliphatic carbocycles. The van der Waals surface area contributed by atoms with Crippen LogP contribution in [-0.2, 0) is 4.79 Å². The summed E-state index contributed by atoms with van der Waals surface area (Å²) in [6, 6.07) is 0. The van der Waals surface area contributed by atoms with Gasteiger partial charge in [0, 0.05) is 6.42 Å². The second kappa shape index (κ2) is 5.17. The summed E-state index contributed by atoms with van der Waals surface area (Å²) in [4.78, 5) is 12.5. The highest BCUT2D eigenvalue weighted by Crippen LogP contribution is 1.97. The lowest BCUT2D eigenvalue weighted by Crippen LogP contribution is -2.13. The largest absolute Gasteiger partial charge is 0.309 e. The molecule has 0 aromatic rings. The predicted molar refractivity (Wildman–Crippen MR) is 46.8 cm³/mol. The molecule has 0 atom stereocenters. The molecule has 0 saturated carbocycles. The predicted octanol–water partition coefficient (Wildman–Crippen LogP) is 1.29. The van der Waals surface area contributed by atoms with Crippen LogP contribution in [0.4, 0.5) is 0 Å². The van der Waals surface area contributed by atoms with Gasteiger partial charge in [0.25, 0.3) is 0 Å². The fraction of sp³-hybridized carbons (Fsp3) is 0.833. The minimum Gasteiger partial charge on any atom is -0.309 e. The fourth-order valence-corrected chi connectivity index (χ4v) is 0.916. The number of carbonyl (C=O) groups excluding carboxylic acids is 1. The second-order valence-electron chi connectivity index (χ2n) is 2.26. The first-order valence-corrected chi connectivity index (χ1v) is 4.04. The molecule has 0 bridgehead atoms. The average Bonchev–Trinajstić information content (AvgIpc) is 1.63. The molecule has 0 aliphatic rings. The molecule has 0 aliphatic heterocycles. The molecule has 0 aromatic heterocycles. The summed E-state index contributed by atoms with van der Waals surface area (Å²) in [5.41, 5.74) is 0. The van der Waals surface area contributed by atoms with Crippen LogP contribution in [0.3, 0.4) is 0 Å². The Labute approximate surface area is 69.7 Å². The third-order valence-corrected chi connectivity index (χ3v) is 1.52. The van der Waals surface area contributed by atoms with Crippen LogP contribution in [-0.4, -0.2) is 29.3 Å². The number of rotatable bonds is 4. The molecule has 0 unspecified atom stereocenters. The molecule has 0 fully saturated rings. The second-order valence-corrected chi connectivity index (χ2v) is 3.47. The standard InChI is InChI=1S/C6H12INO/c1-8(2)5-3-4-6(7)9/h3-5H2,1-2H3. The summed E-state index contributed by atoms with van der Waals surface area (Å²) in [6.45, 7) is 1.01. The van der Waals surface area contributed by atoms with Crippen LogP contribution in [0.2, 0.25) is 0 Å². The number of hydrogen-bond donors (Lipinski definition) is 0. The fourth-order valence-electron chi connectivity index (χ4n) is 0.534. The molecular formula is C6H12INO. The first kappa shape index (κ1) is 9.36. The Hall–Kier alpha value is 0.360. The van der Waals surface area contributed by atoms with E-state index in [1.165, 1.54) is 0 Å². The summed E-state index contributed by atoms with van der Waals surface area (Å²) >= 11 is 1.83. The highest BCUT2D eigenvalue weighted by atomic mass is 127. The Morgan fingerprint density at radius 2 is 2.11 bits per heavy atom. The molecule has 0 saturated heterocycles. The van der Waals surface area contributed by atoms with E-state index in [0.717, 1.165) is 13.0 Å². The summed E-state index contributed by atoms with van der Waals surface area (Å²) in [5.74, 6) is 0. The van der Waals surface area contributed by atoms with Gasteiger partial charge in [-0.25, -0.2) is 0 Å². The van der Waals surface area contributed by atoms with Crippen LogP contribution >= 0.6 is 22.6 Å². The van der Waals surface area contributed by atoms with Crippen molar-refractivity contribution in [2.24, 2.45) is 0 Å². The Morgan fingerprint density at radius 1 is 1.56 bits per heavy atom. The lowest BCUT2D eigenvalue weighted by atomic mass is 10.3. The van der Waals surface area contributed by atoms with Crippen LogP contribution < -0.4 is 0 Å². The van der Waals surface area contributed by atoms with Crippen LogP contribution in [0.5, 0.6) is 0 Å². The Balaban J connectivity index is 3.01. The minimum atomic E-state index is 0.259. The van der Waals surface area contributed by atoms with Gasteiger partial charge in [-0.3, -0.25) is 4.79 Å². The average molecular weight is 241 g/mol. The molecule has 0 rings (SSSR count). The van der Waals surface area contributed by atoms with E-state index in [2.05, 4.69) is 4.90 Å². The Morgan fingerprint density at radius 3 is 2.44 bits per heavy atom. The Kier molecular flexibility index (Phi) is 5.38. The molecule has 0 aromatic carbocycles. The van der Waals surface area contributed by atoms with Gasteiger partial charge in [0.1, 0.15) is 0 Å². The lowest BCUT2D eigenvalue weighted by Gasteiger charge is -2.06. The van der Waals surface area contributed by atoms with Crippen LogP contribution in [0, 0.1) is 0 Å². The quantitative estimate of drug-likeness (QED) is 0.546. The number of carbonyl (C=O) groups is 1. The van der Waals surface area contributed by atoms with Gasteiger partial charge < -0.3 is 4.90 Å². The van der Waals surface area contributed by atoms with Crippen molar-refractivity contribution in [3.05, 3.63) is 0 Å². The molecule has 3 heteroatoms. The van der Waals surface area contributed by atoms with Gasteiger partial charge in [-0.15, -0.1) is 0 Å².